The molecule has 5 nitrogen and oxygen atoms in total. The summed E-state index contributed by atoms with van der Waals surface area (Å²) in [4.78, 5) is 0.157. The highest BCUT2D eigenvalue weighted by Crippen LogP contribution is 2.22. The van der Waals surface area contributed by atoms with Crippen LogP contribution in [0.25, 0.3) is 0 Å². The first-order chi connectivity index (χ1) is 9.53. The number of nitrogen functional groups attached to an aromatic ring is 1. The van der Waals surface area contributed by atoms with Gasteiger partial charge in [0, 0.05) is 0 Å². The molecule has 0 amide bonds. The lowest BCUT2D eigenvalue weighted by Gasteiger charge is -2.10. The highest BCUT2D eigenvalue weighted by molar-refractivity contribution is 7.92. The van der Waals surface area contributed by atoms with Gasteiger partial charge in [-0.3, -0.25) is 4.72 Å². The second-order valence-electron chi connectivity index (χ2n) is 4.10. The summed E-state index contributed by atoms with van der Waals surface area (Å²) in [6, 6.07) is 12.9. The van der Waals surface area contributed by atoms with E-state index in [-0.39, 0.29) is 4.90 Å². The van der Waals surface area contributed by atoms with Gasteiger partial charge in [-0.05, 0) is 43.3 Å². The molecule has 0 radical (unpaired) electrons. The van der Waals surface area contributed by atoms with E-state index >= 15 is 0 Å². The smallest absolute Gasteiger partial charge is 0.261 e. The first-order valence-corrected chi connectivity index (χ1v) is 7.61. The number of hydrogen-bond acceptors (Lipinski definition) is 4. The van der Waals surface area contributed by atoms with Crippen molar-refractivity contribution in [3.63, 3.8) is 0 Å². The Bertz CT molecular complexity index is 682. The fraction of sp³-hybridized carbons (Fsp3) is 0.143. The van der Waals surface area contributed by atoms with Crippen LogP contribution in [0.1, 0.15) is 6.92 Å². The molecular weight excluding hydrogens is 276 g/mol. The summed E-state index contributed by atoms with van der Waals surface area (Å²) in [5.74, 6) is 0.630. The van der Waals surface area contributed by atoms with Crippen LogP contribution in [-0.2, 0) is 10.0 Å². The van der Waals surface area contributed by atoms with Gasteiger partial charge in [0.2, 0.25) is 0 Å². The van der Waals surface area contributed by atoms with Gasteiger partial charge in [-0.15, -0.1) is 0 Å². The number of rotatable bonds is 5. The maximum Gasteiger partial charge on any atom is 0.261 e. The molecule has 0 fully saturated rings. The SMILES string of the molecule is CCOc1ccc(S(=O)(=O)Nc2ccccc2N)cc1. The third-order valence-corrected chi connectivity index (χ3v) is 4.03. The minimum absolute atomic E-state index is 0.157. The zero-order chi connectivity index (χ0) is 14.6. The molecule has 0 atom stereocenters. The van der Waals surface area contributed by atoms with Crippen LogP contribution < -0.4 is 15.2 Å². The summed E-state index contributed by atoms with van der Waals surface area (Å²) in [7, 11) is -3.65. The largest absolute Gasteiger partial charge is 0.494 e. The van der Waals surface area contributed by atoms with Gasteiger partial charge >= 0.3 is 0 Å². The van der Waals surface area contributed by atoms with Crippen molar-refractivity contribution in [1.82, 2.24) is 0 Å². The van der Waals surface area contributed by atoms with E-state index in [0.29, 0.717) is 23.7 Å². The van der Waals surface area contributed by atoms with Crippen LogP contribution in [0.4, 0.5) is 11.4 Å². The molecule has 0 aliphatic carbocycles. The fourth-order valence-electron chi connectivity index (χ4n) is 1.68. The number of benzene rings is 2. The summed E-state index contributed by atoms with van der Waals surface area (Å²) in [6.45, 7) is 2.40. The van der Waals surface area contributed by atoms with Crippen molar-refractivity contribution in [3.8, 4) is 5.75 Å². The Morgan fingerprint density at radius 1 is 1.10 bits per heavy atom. The Kier molecular flexibility index (Phi) is 4.14. The number of sulfonamides is 1. The van der Waals surface area contributed by atoms with Crippen molar-refractivity contribution in [2.24, 2.45) is 0 Å². The van der Waals surface area contributed by atoms with Crippen LogP contribution in [0.15, 0.2) is 53.4 Å². The van der Waals surface area contributed by atoms with E-state index in [1.807, 2.05) is 6.92 Å². The molecule has 0 unspecified atom stereocenters. The molecule has 0 aromatic heterocycles. The van der Waals surface area contributed by atoms with E-state index in [0.717, 1.165) is 0 Å². The maximum atomic E-state index is 12.2. The van der Waals surface area contributed by atoms with Crippen LogP contribution in [-0.4, -0.2) is 15.0 Å². The molecule has 2 rings (SSSR count). The number of hydrogen-bond donors (Lipinski definition) is 2. The van der Waals surface area contributed by atoms with E-state index in [9.17, 15) is 8.42 Å². The third-order valence-electron chi connectivity index (χ3n) is 2.65. The molecule has 0 spiro atoms. The normalized spacial score (nSPS) is 11.1. The molecule has 0 saturated carbocycles. The van der Waals surface area contributed by atoms with Crippen molar-refractivity contribution in [2.75, 3.05) is 17.1 Å². The fourth-order valence-corrected chi connectivity index (χ4v) is 2.76. The van der Waals surface area contributed by atoms with Crippen molar-refractivity contribution >= 4 is 21.4 Å². The minimum atomic E-state index is -3.65. The van der Waals surface area contributed by atoms with Gasteiger partial charge in [0.25, 0.3) is 10.0 Å². The third kappa shape index (κ3) is 3.21. The summed E-state index contributed by atoms with van der Waals surface area (Å²) < 4.78 is 32.2. The molecule has 0 bridgehead atoms. The lowest BCUT2D eigenvalue weighted by Crippen LogP contribution is -2.14. The van der Waals surface area contributed by atoms with Crippen molar-refractivity contribution in [1.29, 1.82) is 0 Å². The monoisotopic (exact) mass is 292 g/mol. The Labute approximate surface area is 118 Å². The van der Waals surface area contributed by atoms with Gasteiger partial charge < -0.3 is 10.5 Å². The topological polar surface area (TPSA) is 81.4 Å². The lowest BCUT2D eigenvalue weighted by molar-refractivity contribution is 0.340. The average molecular weight is 292 g/mol. The van der Waals surface area contributed by atoms with Crippen LogP contribution >= 0.6 is 0 Å². The van der Waals surface area contributed by atoms with Gasteiger partial charge in [-0.25, -0.2) is 8.42 Å². The molecule has 20 heavy (non-hydrogen) atoms. The quantitative estimate of drug-likeness (QED) is 0.829. The maximum absolute atomic E-state index is 12.2. The second kappa shape index (κ2) is 5.83. The molecule has 0 aliphatic heterocycles. The Hall–Kier alpha value is -2.21. The summed E-state index contributed by atoms with van der Waals surface area (Å²) >= 11 is 0. The summed E-state index contributed by atoms with van der Waals surface area (Å²) in [5.41, 5.74) is 6.46. The van der Waals surface area contributed by atoms with E-state index < -0.39 is 10.0 Å². The number of nitrogens with one attached hydrogen (secondary N) is 1. The Morgan fingerprint density at radius 3 is 2.35 bits per heavy atom. The number of anilines is 2. The standard InChI is InChI=1S/C14H16N2O3S/c1-2-19-11-7-9-12(10-8-11)20(17,18)16-14-6-4-3-5-13(14)15/h3-10,16H,2,15H2,1H3. The average Bonchev–Trinajstić information content (AvgIpc) is 2.42. The van der Waals surface area contributed by atoms with E-state index in [2.05, 4.69) is 4.72 Å². The predicted octanol–water partition coefficient (Wildman–Crippen LogP) is 2.47. The molecule has 106 valence electrons. The number of nitrogens with two attached hydrogens (primary N) is 1. The molecule has 2 aromatic carbocycles. The molecular formula is C14H16N2O3S. The lowest BCUT2D eigenvalue weighted by atomic mass is 10.3. The van der Waals surface area contributed by atoms with Gasteiger partial charge in [0.05, 0.1) is 22.9 Å². The molecule has 3 N–H and O–H groups in total. The van der Waals surface area contributed by atoms with Crippen LogP contribution in [0.5, 0.6) is 5.75 Å². The second-order valence-corrected chi connectivity index (χ2v) is 5.78. The zero-order valence-corrected chi connectivity index (χ0v) is 11.9. The first-order valence-electron chi connectivity index (χ1n) is 6.13. The summed E-state index contributed by atoms with van der Waals surface area (Å²) in [6.07, 6.45) is 0. The number of ether oxygens (including phenoxy) is 1. The van der Waals surface area contributed by atoms with Crippen molar-refractivity contribution < 1.29 is 13.2 Å². The van der Waals surface area contributed by atoms with Crippen molar-refractivity contribution in [3.05, 3.63) is 48.5 Å². The molecule has 0 heterocycles. The van der Waals surface area contributed by atoms with E-state index in [1.54, 1.807) is 36.4 Å². The molecule has 6 heteroatoms. The van der Waals surface area contributed by atoms with E-state index in [4.69, 9.17) is 10.5 Å². The zero-order valence-electron chi connectivity index (χ0n) is 11.0. The van der Waals surface area contributed by atoms with Gasteiger partial charge in [0.1, 0.15) is 5.75 Å². The molecule has 0 saturated heterocycles. The van der Waals surface area contributed by atoms with Crippen molar-refractivity contribution in [2.45, 2.75) is 11.8 Å². The molecule has 2 aromatic rings. The number of para-hydroxylation sites is 2. The highest BCUT2D eigenvalue weighted by atomic mass is 32.2. The van der Waals surface area contributed by atoms with Gasteiger partial charge in [-0.2, -0.15) is 0 Å². The Morgan fingerprint density at radius 2 is 1.75 bits per heavy atom. The minimum Gasteiger partial charge on any atom is -0.494 e. The van der Waals surface area contributed by atoms with Crippen LogP contribution in [0.2, 0.25) is 0 Å². The van der Waals surface area contributed by atoms with Gasteiger partial charge in [0.15, 0.2) is 0 Å². The first kappa shape index (κ1) is 14.2. The van der Waals surface area contributed by atoms with Crippen LogP contribution in [0, 0.1) is 0 Å². The highest BCUT2D eigenvalue weighted by Gasteiger charge is 2.15. The predicted molar refractivity (Wildman–Crippen MR) is 79.3 cm³/mol. The van der Waals surface area contributed by atoms with Crippen LogP contribution in [0.3, 0.4) is 0 Å². The van der Waals surface area contributed by atoms with E-state index in [1.165, 1.54) is 12.1 Å². The van der Waals surface area contributed by atoms with Gasteiger partial charge in [-0.1, -0.05) is 12.1 Å². The summed E-state index contributed by atoms with van der Waals surface area (Å²) in [5, 5.41) is 0. The molecule has 0 aliphatic rings. The Balaban J connectivity index is 2.24.